The molecule has 1 aromatic rings. The van der Waals surface area contributed by atoms with Gasteiger partial charge in [0.05, 0.1) is 0 Å². The third-order valence-electron chi connectivity index (χ3n) is 1.86. The molecule has 2 N–H and O–H groups in total. The summed E-state index contributed by atoms with van der Waals surface area (Å²) >= 11 is 0. The molecule has 0 fully saturated rings. The predicted molar refractivity (Wildman–Crippen MR) is 55.5 cm³/mol. The van der Waals surface area contributed by atoms with Gasteiger partial charge in [0.25, 0.3) is 0 Å². The number of hydrogen-bond donors (Lipinski definition) is 2. The number of aromatic hydroxyl groups is 1. The Bertz CT molecular complexity index is 607. The zero-order valence-corrected chi connectivity index (χ0v) is 8.70. The molecule has 0 heterocycles. The molecule has 0 atom stereocenters. The molecule has 1 aromatic carbocycles. The van der Waals surface area contributed by atoms with Crippen molar-refractivity contribution in [2.24, 2.45) is 0 Å². The van der Waals surface area contributed by atoms with E-state index in [1.807, 2.05) is 0 Å². The minimum atomic E-state index is -1.43. The van der Waals surface area contributed by atoms with Crippen LogP contribution in [-0.4, -0.2) is 5.11 Å². The van der Waals surface area contributed by atoms with E-state index in [9.17, 15) is 8.78 Å². The molecule has 0 aromatic heterocycles. The quantitative estimate of drug-likeness (QED) is 0.775. The second-order valence-corrected chi connectivity index (χ2v) is 3.00. The van der Waals surface area contributed by atoms with Crippen molar-refractivity contribution >= 4 is 5.69 Å². The van der Waals surface area contributed by atoms with Crippen molar-refractivity contribution < 1.29 is 13.9 Å². The van der Waals surface area contributed by atoms with Gasteiger partial charge in [0.2, 0.25) is 0 Å². The van der Waals surface area contributed by atoms with Crippen molar-refractivity contribution in [2.75, 3.05) is 5.32 Å². The molecule has 0 bridgehead atoms. The summed E-state index contributed by atoms with van der Waals surface area (Å²) < 4.78 is 25.7. The van der Waals surface area contributed by atoms with Gasteiger partial charge < -0.3 is 10.4 Å². The molecule has 0 radical (unpaired) electrons. The van der Waals surface area contributed by atoms with Crippen molar-refractivity contribution in [1.29, 1.82) is 15.8 Å². The standard InChI is InChI=1S/C11H4F2N4O/c12-8-1-7(2-10(18)11(8)13)17-9(5-16)6(3-14)4-15/h1-2,17-18H. The van der Waals surface area contributed by atoms with Crippen LogP contribution >= 0.6 is 0 Å². The van der Waals surface area contributed by atoms with Gasteiger partial charge >= 0.3 is 0 Å². The predicted octanol–water partition coefficient (Wildman–Crippen LogP) is 1.91. The highest BCUT2D eigenvalue weighted by Gasteiger charge is 2.12. The molecule has 0 aliphatic rings. The molecule has 5 nitrogen and oxygen atoms in total. The first-order valence-electron chi connectivity index (χ1n) is 4.43. The van der Waals surface area contributed by atoms with Gasteiger partial charge in [-0.2, -0.15) is 20.2 Å². The minimum absolute atomic E-state index is 0.161. The highest BCUT2D eigenvalue weighted by molar-refractivity contribution is 5.59. The van der Waals surface area contributed by atoms with Crippen molar-refractivity contribution in [3.05, 3.63) is 35.0 Å². The summed E-state index contributed by atoms with van der Waals surface area (Å²) in [5.74, 6) is -3.71. The summed E-state index contributed by atoms with van der Waals surface area (Å²) in [6, 6.07) is 5.97. The molecule has 0 amide bonds. The highest BCUT2D eigenvalue weighted by Crippen LogP contribution is 2.24. The van der Waals surface area contributed by atoms with Gasteiger partial charge in [-0.25, -0.2) is 4.39 Å². The monoisotopic (exact) mass is 246 g/mol. The summed E-state index contributed by atoms with van der Waals surface area (Å²) in [6.45, 7) is 0. The number of halogens is 2. The number of nitrogens with zero attached hydrogens (tertiary/aromatic N) is 3. The van der Waals surface area contributed by atoms with Crippen LogP contribution in [0.5, 0.6) is 5.75 Å². The normalized spacial score (nSPS) is 8.61. The van der Waals surface area contributed by atoms with Crippen LogP contribution in [0.15, 0.2) is 23.4 Å². The average Bonchev–Trinajstić information content (AvgIpc) is 2.35. The third-order valence-corrected chi connectivity index (χ3v) is 1.86. The SMILES string of the molecule is N#CC(C#N)=C(C#N)Nc1cc(O)c(F)c(F)c1. The number of benzene rings is 1. The number of anilines is 1. The molecule has 0 saturated carbocycles. The molecule has 0 aliphatic carbocycles. The number of nitrogens with one attached hydrogen (secondary N) is 1. The molecule has 0 spiro atoms. The minimum Gasteiger partial charge on any atom is -0.505 e. The van der Waals surface area contributed by atoms with Gasteiger partial charge in [-0.1, -0.05) is 0 Å². The maximum absolute atomic E-state index is 13.0. The molecule has 88 valence electrons. The van der Waals surface area contributed by atoms with E-state index in [1.54, 1.807) is 0 Å². The van der Waals surface area contributed by atoms with Gasteiger partial charge in [0, 0.05) is 17.8 Å². The Kier molecular flexibility index (Phi) is 3.81. The molecule has 7 heteroatoms. The van der Waals surface area contributed by atoms with Crippen LogP contribution in [0.1, 0.15) is 0 Å². The number of phenols is 1. The van der Waals surface area contributed by atoms with Gasteiger partial charge in [-0.15, -0.1) is 0 Å². The van der Waals surface area contributed by atoms with E-state index < -0.39 is 28.7 Å². The first-order chi connectivity index (χ1) is 8.53. The Morgan fingerprint density at radius 1 is 1.11 bits per heavy atom. The van der Waals surface area contributed by atoms with Crippen molar-refractivity contribution in [1.82, 2.24) is 0 Å². The summed E-state index contributed by atoms with van der Waals surface area (Å²) in [7, 11) is 0. The fourth-order valence-electron chi connectivity index (χ4n) is 1.07. The number of allylic oxidation sites excluding steroid dienone is 2. The van der Waals surface area contributed by atoms with Crippen molar-refractivity contribution in [2.45, 2.75) is 0 Å². The Morgan fingerprint density at radius 2 is 1.72 bits per heavy atom. The van der Waals surface area contributed by atoms with Gasteiger partial charge in [-0.05, 0) is 0 Å². The molecule has 0 saturated heterocycles. The summed E-state index contributed by atoms with van der Waals surface area (Å²) in [4.78, 5) is 0. The molecule has 18 heavy (non-hydrogen) atoms. The van der Waals surface area contributed by atoms with Crippen LogP contribution in [0, 0.1) is 45.6 Å². The summed E-state index contributed by atoms with van der Waals surface area (Å²) in [5.41, 5.74) is -1.10. The zero-order valence-electron chi connectivity index (χ0n) is 8.70. The maximum Gasteiger partial charge on any atom is 0.200 e. The van der Waals surface area contributed by atoms with E-state index in [0.29, 0.717) is 6.07 Å². The lowest BCUT2D eigenvalue weighted by molar-refractivity contribution is 0.407. The Labute approximate surface area is 100 Å². The van der Waals surface area contributed by atoms with Gasteiger partial charge in [0.15, 0.2) is 23.0 Å². The number of hydrogen-bond acceptors (Lipinski definition) is 5. The second-order valence-electron chi connectivity index (χ2n) is 3.00. The van der Waals surface area contributed by atoms with E-state index >= 15 is 0 Å². The van der Waals surface area contributed by atoms with Crippen LogP contribution in [0.25, 0.3) is 0 Å². The Balaban J connectivity index is 3.22. The molecular formula is C11H4F2N4O. The zero-order chi connectivity index (χ0) is 13.7. The fraction of sp³-hybridized carbons (Fsp3) is 0. The largest absolute Gasteiger partial charge is 0.505 e. The van der Waals surface area contributed by atoms with Crippen LogP contribution in [0.3, 0.4) is 0 Å². The lowest BCUT2D eigenvalue weighted by Gasteiger charge is -2.06. The van der Waals surface area contributed by atoms with Gasteiger partial charge in [0.1, 0.15) is 23.9 Å². The smallest absolute Gasteiger partial charge is 0.200 e. The Hall–Kier alpha value is -3.11. The number of rotatable bonds is 2. The number of phenolic OH excluding ortho intramolecular Hbond substituents is 1. The number of nitriles is 3. The van der Waals surface area contributed by atoms with Crippen molar-refractivity contribution in [3.8, 4) is 24.0 Å². The maximum atomic E-state index is 13.0. The van der Waals surface area contributed by atoms with Crippen LogP contribution < -0.4 is 5.32 Å². The first kappa shape index (κ1) is 13.0. The summed E-state index contributed by atoms with van der Waals surface area (Å²) in [5, 5.41) is 37.1. The van der Waals surface area contributed by atoms with Crippen LogP contribution in [-0.2, 0) is 0 Å². The first-order valence-corrected chi connectivity index (χ1v) is 4.43. The molecule has 0 unspecified atom stereocenters. The topological polar surface area (TPSA) is 104 Å². The Morgan fingerprint density at radius 3 is 2.17 bits per heavy atom. The lowest BCUT2D eigenvalue weighted by atomic mass is 10.2. The average molecular weight is 246 g/mol. The second kappa shape index (κ2) is 5.29. The van der Waals surface area contributed by atoms with E-state index in [4.69, 9.17) is 20.9 Å². The van der Waals surface area contributed by atoms with Crippen LogP contribution in [0.4, 0.5) is 14.5 Å². The molecule has 1 rings (SSSR count). The van der Waals surface area contributed by atoms with E-state index in [0.717, 1.165) is 6.07 Å². The fourth-order valence-corrected chi connectivity index (χ4v) is 1.07. The van der Waals surface area contributed by atoms with Crippen molar-refractivity contribution in [3.63, 3.8) is 0 Å². The van der Waals surface area contributed by atoms with E-state index in [-0.39, 0.29) is 5.69 Å². The van der Waals surface area contributed by atoms with E-state index in [2.05, 4.69) is 5.32 Å². The lowest BCUT2D eigenvalue weighted by Crippen LogP contribution is -2.01. The molecular weight excluding hydrogens is 242 g/mol. The molecule has 0 aliphatic heterocycles. The van der Waals surface area contributed by atoms with E-state index in [1.165, 1.54) is 18.2 Å². The highest BCUT2D eigenvalue weighted by atomic mass is 19.2. The summed E-state index contributed by atoms with van der Waals surface area (Å²) in [6.07, 6.45) is 0. The van der Waals surface area contributed by atoms with Crippen LogP contribution in [0.2, 0.25) is 0 Å². The third kappa shape index (κ3) is 2.52. The van der Waals surface area contributed by atoms with Gasteiger partial charge in [-0.3, -0.25) is 0 Å².